The van der Waals surface area contributed by atoms with Crippen molar-refractivity contribution in [2.75, 3.05) is 0 Å². The van der Waals surface area contributed by atoms with Gasteiger partial charge in [0.15, 0.2) is 0 Å². The molecule has 0 unspecified atom stereocenters. The number of hydrogen-bond donors (Lipinski definition) is 0. The maximum Gasteiger partial charge on any atom is 0.243 e. The van der Waals surface area contributed by atoms with Crippen LogP contribution in [0.4, 0.5) is 0 Å². The number of hydrogen-bond acceptors (Lipinski definition) is 5. The third-order valence-corrected chi connectivity index (χ3v) is 6.63. The topological polar surface area (TPSA) is 76.3 Å². The number of aromatic nitrogens is 2. The van der Waals surface area contributed by atoms with Crippen molar-refractivity contribution in [1.82, 2.24) is 14.4 Å². The van der Waals surface area contributed by atoms with Crippen molar-refractivity contribution in [3.05, 3.63) is 64.5 Å². The third kappa shape index (κ3) is 4.45. The molecule has 8 heteroatoms. The fourth-order valence-electron chi connectivity index (χ4n) is 2.56. The van der Waals surface area contributed by atoms with Gasteiger partial charge in [0.1, 0.15) is 0 Å². The lowest BCUT2D eigenvalue weighted by atomic mass is 10.1. The first kappa shape index (κ1) is 19.7. The minimum atomic E-state index is -3.69. The van der Waals surface area contributed by atoms with Crippen LogP contribution in [0.1, 0.15) is 25.3 Å². The Morgan fingerprint density at radius 1 is 1.07 bits per heavy atom. The molecular formula is C19H20BrN3O3S. The van der Waals surface area contributed by atoms with Crippen LogP contribution in [0.2, 0.25) is 0 Å². The first-order valence-corrected chi connectivity index (χ1v) is 10.7. The maximum atomic E-state index is 13.0. The second-order valence-electron chi connectivity index (χ2n) is 6.48. The first-order valence-electron chi connectivity index (χ1n) is 8.44. The number of halogens is 1. The van der Waals surface area contributed by atoms with Crippen molar-refractivity contribution in [2.45, 2.75) is 38.3 Å². The molecule has 0 aliphatic heterocycles. The molecule has 3 rings (SSSR count). The molecule has 0 atom stereocenters. The maximum absolute atomic E-state index is 13.0. The molecule has 0 amide bonds. The fraction of sp³-hybridized carbons (Fsp3) is 0.263. The van der Waals surface area contributed by atoms with Crippen molar-refractivity contribution in [1.29, 1.82) is 0 Å². The van der Waals surface area contributed by atoms with E-state index in [9.17, 15) is 8.42 Å². The number of aryl methyl sites for hydroxylation is 1. The first-order chi connectivity index (χ1) is 12.8. The van der Waals surface area contributed by atoms with Gasteiger partial charge in [0.2, 0.25) is 21.7 Å². The zero-order valence-electron chi connectivity index (χ0n) is 15.3. The standard InChI is InChI=1S/C19H20BrN3O3S/c1-13(2)23(27(24,25)17-10-8-16(20)9-11-17)12-18-21-19(22-26-18)15-6-4-14(3)5-7-15/h4-11,13H,12H2,1-3H3. The highest BCUT2D eigenvalue weighted by Crippen LogP contribution is 2.23. The Balaban J connectivity index is 1.87. The number of rotatable bonds is 6. The van der Waals surface area contributed by atoms with Gasteiger partial charge in [-0.15, -0.1) is 0 Å². The van der Waals surface area contributed by atoms with Gasteiger partial charge in [-0.25, -0.2) is 8.42 Å². The zero-order chi connectivity index (χ0) is 19.6. The van der Waals surface area contributed by atoms with Crippen molar-refractivity contribution >= 4 is 26.0 Å². The minimum absolute atomic E-state index is 0.00885. The Hall–Kier alpha value is -2.03. The molecule has 0 saturated carbocycles. The molecule has 2 aromatic carbocycles. The van der Waals surface area contributed by atoms with Crippen molar-refractivity contribution in [3.8, 4) is 11.4 Å². The molecule has 0 fully saturated rings. The highest BCUT2D eigenvalue weighted by Gasteiger charge is 2.29. The van der Waals surface area contributed by atoms with E-state index in [1.165, 1.54) is 4.31 Å². The Labute approximate surface area is 167 Å². The van der Waals surface area contributed by atoms with Gasteiger partial charge in [0.05, 0.1) is 11.4 Å². The molecule has 6 nitrogen and oxygen atoms in total. The van der Waals surface area contributed by atoms with Gasteiger partial charge < -0.3 is 4.52 Å². The van der Waals surface area contributed by atoms with Crippen LogP contribution in [0.3, 0.4) is 0 Å². The molecule has 0 bridgehead atoms. The summed E-state index contributed by atoms with van der Waals surface area (Å²) in [6.07, 6.45) is 0. The summed E-state index contributed by atoms with van der Waals surface area (Å²) in [5, 5.41) is 3.98. The van der Waals surface area contributed by atoms with Crippen LogP contribution in [0.15, 0.2) is 62.4 Å². The largest absolute Gasteiger partial charge is 0.338 e. The molecular weight excluding hydrogens is 430 g/mol. The van der Waals surface area contributed by atoms with Gasteiger partial charge in [0.25, 0.3) is 0 Å². The average molecular weight is 450 g/mol. The normalized spacial score (nSPS) is 12.1. The van der Waals surface area contributed by atoms with Gasteiger partial charge >= 0.3 is 0 Å². The fourth-order valence-corrected chi connectivity index (χ4v) is 4.41. The number of sulfonamides is 1. The van der Waals surface area contributed by atoms with Crippen LogP contribution in [-0.2, 0) is 16.6 Å². The quantitative estimate of drug-likeness (QED) is 0.556. The second kappa shape index (κ2) is 7.92. The predicted octanol–water partition coefficient (Wildman–Crippen LogP) is 4.41. The van der Waals surface area contributed by atoms with E-state index in [-0.39, 0.29) is 23.4 Å². The summed E-state index contributed by atoms with van der Waals surface area (Å²) < 4.78 is 33.5. The van der Waals surface area contributed by atoms with Crippen LogP contribution in [0, 0.1) is 6.92 Å². The van der Waals surface area contributed by atoms with E-state index in [1.54, 1.807) is 24.3 Å². The summed E-state index contributed by atoms with van der Waals surface area (Å²) in [4.78, 5) is 4.58. The highest BCUT2D eigenvalue weighted by atomic mass is 79.9. The molecule has 0 aliphatic carbocycles. The summed E-state index contributed by atoms with van der Waals surface area (Å²) in [6.45, 7) is 5.63. The van der Waals surface area contributed by atoms with E-state index < -0.39 is 10.0 Å². The van der Waals surface area contributed by atoms with Crippen LogP contribution >= 0.6 is 15.9 Å². The van der Waals surface area contributed by atoms with E-state index in [1.807, 2.05) is 45.0 Å². The van der Waals surface area contributed by atoms with Crippen molar-refractivity contribution in [3.63, 3.8) is 0 Å². The van der Waals surface area contributed by atoms with Crippen LogP contribution in [0.25, 0.3) is 11.4 Å². The predicted molar refractivity (Wildman–Crippen MR) is 106 cm³/mol. The summed E-state index contributed by atoms with van der Waals surface area (Å²) in [5.74, 6) is 0.690. The molecule has 0 aliphatic rings. The van der Waals surface area contributed by atoms with Crippen molar-refractivity contribution in [2.24, 2.45) is 0 Å². The Morgan fingerprint density at radius 3 is 2.30 bits per heavy atom. The van der Waals surface area contributed by atoms with Crippen LogP contribution < -0.4 is 0 Å². The molecule has 0 spiro atoms. The number of benzene rings is 2. The molecule has 1 aromatic heterocycles. The van der Waals surface area contributed by atoms with Crippen LogP contribution in [0.5, 0.6) is 0 Å². The lowest BCUT2D eigenvalue weighted by molar-refractivity contribution is 0.286. The summed E-state index contributed by atoms with van der Waals surface area (Å²) in [6, 6.07) is 14.0. The van der Waals surface area contributed by atoms with E-state index in [4.69, 9.17) is 4.52 Å². The second-order valence-corrected chi connectivity index (χ2v) is 9.28. The molecule has 0 radical (unpaired) electrons. The monoisotopic (exact) mass is 449 g/mol. The van der Waals surface area contributed by atoms with Gasteiger partial charge in [-0.3, -0.25) is 0 Å². The lowest BCUT2D eigenvalue weighted by Crippen LogP contribution is -2.36. The Kier molecular flexibility index (Phi) is 5.78. The summed E-state index contributed by atoms with van der Waals surface area (Å²) in [7, 11) is -3.69. The Bertz CT molecular complexity index is 1010. The van der Waals surface area contributed by atoms with Crippen LogP contribution in [-0.4, -0.2) is 28.9 Å². The lowest BCUT2D eigenvalue weighted by Gasteiger charge is -2.24. The summed E-state index contributed by atoms with van der Waals surface area (Å²) in [5.41, 5.74) is 1.96. The molecule has 27 heavy (non-hydrogen) atoms. The molecule has 0 N–H and O–H groups in total. The molecule has 0 saturated heterocycles. The molecule has 3 aromatic rings. The van der Waals surface area contributed by atoms with E-state index in [2.05, 4.69) is 26.1 Å². The number of nitrogens with zero attached hydrogens (tertiary/aromatic N) is 3. The smallest absolute Gasteiger partial charge is 0.243 e. The van der Waals surface area contributed by atoms with E-state index in [0.29, 0.717) is 5.82 Å². The van der Waals surface area contributed by atoms with Gasteiger partial charge in [0, 0.05) is 16.1 Å². The molecule has 1 heterocycles. The Morgan fingerprint density at radius 2 is 1.70 bits per heavy atom. The highest BCUT2D eigenvalue weighted by molar-refractivity contribution is 9.10. The van der Waals surface area contributed by atoms with Gasteiger partial charge in [-0.1, -0.05) is 50.9 Å². The van der Waals surface area contributed by atoms with Gasteiger partial charge in [-0.05, 0) is 45.0 Å². The average Bonchev–Trinajstić information content (AvgIpc) is 3.09. The zero-order valence-corrected chi connectivity index (χ0v) is 17.7. The molecule has 142 valence electrons. The SMILES string of the molecule is Cc1ccc(-c2noc(CN(C(C)C)S(=O)(=O)c3ccc(Br)cc3)n2)cc1. The van der Waals surface area contributed by atoms with Crippen molar-refractivity contribution < 1.29 is 12.9 Å². The van der Waals surface area contributed by atoms with Gasteiger partial charge in [-0.2, -0.15) is 9.29 Å². The third-order valence-electron chi connectivity index (χ3n) is 4.07. The minimum Gasteiger partial charge on any atom is -0.338 e. The summed E-state index contributed by atoms with van der Waals surface area (Å²) >= 11 is 3.32. The van der Waals surface area contributed by atoms with E-state index >= 15 is 0 Å². The van der Waals surface area contributed by atoms with E-state index in [0.717, 1.165) is 15.6 Å².